The first-order valence-electron chi connectivity index (χ1n) is 11.7. The largest absolute Gasteiger partial charge is 0.491 e. The molecule has 2 aromatic rings. The SMILES string of the molecule is Cc1ccccc1CN=C(NCC(C)N1CCN(C)CC1)Nc1ccc(OC(C)C)cc1. The molecule has 0 radical (unpaired) electrons. The van der Waals surface area contributed by atoms with Crippen LogP contribution in [0.5, 0.6) is 5.75 Å². The van der Waals surface area contributed by atoms with E-state index in [0.29, 0.717) is 12.6 Å². The van der Waals surface area contributed by atoms with Crippen LogP contribution in [0.3, 0.4) is 0 Å². The molecule has 0 amide bonds. The Balaban J connectivity index is 1.66. The first-order valence-corrected chi connectivity index (χ1v) is 11.7. The van der Waals surface area contributed by atoms with E-state index in [-0.39, 0.29) is 6.10 Å². The highest BCUT2D eigenvalue weighted by molar-refractivity contribution is 5.93. The van der Waals surface area contributed by atoms with Gasteiger partial charge in [0.05, 0.1) is 12.6 Å². The van der Waals surface area contributed by atoms with Gasteiger partial charge in [-0.15, -0.1) is 0 Å². The molecule has 2 N–H and O–H groups in total. The number of nitrogens with one attached hydrogen (secondary N) is 2. The summed E-state index contributed by atoms with van der Waals surface area (Å²) in [7, 11) is 2.19. The van der Waals surface area contributed by atoms with Crippen LogP contribution in [0.15, 0.2) is 53.5 Å². The molecular formula is C26H39N5O. The molecule has 1 heterocycles. The topological polar surface area (TPSA) is 52.1 Å². The van der Waals surface area contributed by atoms with E-state index in [1.807, 2.05) is 38.1 Å². The van der Waals surface area contributed by atoms with Crippen molar-refractivity contribution in [2.24, 2.45) is 4.99 Å². The van der Waals surface area contributed by atoms with Crippen LogP contribution in [-0.4, -0.2) is 67.7 Å². The molecule has 6 nitrogen and oxygen atoms in total. The maximum absolute atomic E-state index is 5.76. The van der Waals surface area contributed by atoms with Crippen LogP contribution >= 0.6 is 0 Å². The fourth-order valence-corrected chi connectivity index (χ4v) is 3.75. The fraction of sp³-hybridized carbons (Fsp3) is 0.500. The van der Waals surface area contributed by atoms with Crippen molar-refractivity contribution >= 4 is 11.6 Å². The third-order valence-electron chi connectivity index (χ3n) is 5.88. The number of piperazine rings is 1. The molecule has 0 aromatic heterocycles. The van der Waals surface area contributed by atoms with Gasteiger partial charge in [0.15, 0.2) is 5.96 Å². The number of nitrogens with zero attached hydrogens (tertiary/aromatic N) is 3. The molecule has 0 saturated carbocycles. The number of aliphatic imine (C=N–C) groups is 1. The number of anilines is 1. The minimum Gasteiger partial charge on any atom is -0.491 e. The summed E-state index contributed by atoms with van der Waals surface area (Å²) in [5.74, 6) is 1.67. The molecule has 0 bridgehead atoms. The van der Waals surface area contributed by atoms with Gasteiger partial charge < -0.3 is 20.3 Å². The number of ether oxygens (including phenoxy) is 1. The second-order valence-electron chi connectivity index (χ2n) is 8.98. The number of hydrogen-bond acceptors (Lipinski definition) is 4. The minimum atomic E-state index is 0.165. The van der Waals surface area contributed by atoms with E-state index >= 15 is 0 Å². The van der Waals surface area contributed by atoms with Gasteiger partial charge in [0.25, 0.3) is 0 Å². The van der Waals surface area contributed by atoms with E-state index in [2.05, 4.69) is 65.6 Å². The number of aryl methyl sites for hydroxylation is 1. The molecule has 2 aromatic carbocycles. The lowest BCUT2D eigenvalue weighted by Crippen LogP contribution is -2.51. The molecule has 0 spiro atoms. The van der Waals surface area contributed by atoms with Crippen molar-refractivity contribution < 1.29 is 4.74 Å². The van der Waals surface area contributed by atoms with Gasteiger partial charge in [-0.05, 0) is 70.1 Å². The molecule has 1 aliphatic rings. The Morgan fingerprint density at radius 3 is 2.34 bits per heavy atom. The number of benzene rings is 2. The predicted octanol–water partition coefficient (Wildman–Crippen LogP) is 3.98. The van der Waals surface area contributed by atoms with Gasteiger partial charge in [0.1, 0.15) is 5.75 Å². The second-order valence-corrected chi connectivity index (χ2v) is 8.98. The van der Waals surface area contributed by atoms with Gasteiger partial charge in [-0.3, -0.25) is 4.90 Å². The average Bonchev–Trinajstić information content (AvgIpc) is 2.77. The van der Waals surface area contributed by atoms with Gasteiger partial charge in [-0.1, -0.05) is 24.3 Å². The Labute approximate surface area is 193 Å². The first kappa shape index (κ1) is 24.1. The maximum Gasteiger partial charge on any atom is 0.196 e. The van der Waals surface area contributed by atoms with Crippen molar-refractivity contribution in [1.82, 2.24) is 15.1 Å². The molecule has 1 unspecified atom stereocenters. The highest BCUT2D eigenvalue weighted by Crippen LogP contribution is 2.17. The van der Waals surface area contributed by atoms with E-state index in [9.17, 15) is 0 Å². The van der Waals surface area contributed by atoms with Crippen LogP contribution < -0.4 is 15.4 Å². The van der Waals surface area contributed by atoms with Crippen LogP contribution in [0.2, 0.25) is 0 Å². The highest BCUT2D eigenvalue weighted by Gasteiger charge is 2.19. The molecule has 1 aliphatic heterocycles. The lowest BCUT2D eigenvalue weighted by molar-refractivity contribution is 0.120. The van der Waals surface area contributed by atoms with E-state index in [1.54, 1.807) is 0 Å². The molecule has 3 rings (SSSR count). The van der Waals surface area contributed by atoms with Gasteiger partial charge in [-0.2, -0.15) is 0 Å². The summed E-state index contributed by atoms with van der Waals surface area (Å²) in [6, 6.07) is 16.9. The van der Waals surface area contributed by atoms with Crippen molar-refractivity contribution in [2.45, 2.75) is 46.4 Å². The van der Waals surface area contributed by atoms with Crippen LogP contribution in [0.4, 0.5) is 5.69 Å². The summed E-state index contributed by atoms with van der Waals surface area (Å²) < 4.78 is 5.76. The Kier molecular flexibility index (Phi) is 8.94. The Morgan fingerprint density at radius 2 is 1.69 bits per heavy atom. The third kappa shape index (κ3) is 7.53. The summed E-state index contributed by atoms with van der Waals surface area (Å²) in [5, 5.41) is 7.04. The van der Waals surface area contributed by atoms with Crippen LogP contribution in [0.1, 0.15) is 31.9 Å². The molecule has 1 fully saturated rings. The molecule has 1 saturated heterocycles. The quantitative estimate of drug-likeness (QED) is 0.483. The lowest BCUT2D eigenvalue weighted by Gasteiger charge is -2.36. The zero-order chi connectivity index (χ0) is 22.9. The Morgan fingerprint density at radius 1 is 1.00 bits per heavy atom. The molecule has 1 atom stereocenters. The van der Waals surface area contributed by atoms with Crippen LogP contribution in [0, 0.1) is 6.92 Å². The summed E-state index contributed by atoms with van der Waals surface area (Å²) in [6.07, 6.45) is 0.165. The van der Waals surface area contributed by atoms with Gasteiger partial charge in [-0.25, -0.2) is 4.99 Å². The number of likely N-dealkylation sites (N-methyl/N-ethyl adjacent to an activating group) is 1. The van der Waals surface area contributed by atoms with E-state index in [0.717, 1.165) is 50.1 Å². The first-order chi connectivity index (χ1) is 15.4. The van der Waals surface area contributed by atoms with Crippen molar-refractivity contribution in [3.05, 3.63) is 59.7 Å². The highest BCUT2D eigenvalue weighted by atomic mass is 16.5. The second kappa shape index (κ2) is 11.9. The van der Waals surface area contributed by atoms with E-state index < -0.39 is 0 Å². The molecule has 6 heteroatoms. The van der Waals surface area contributed by atoms with Gasteiger partial charge in [0.2, 0.25) is 0 Å². The minimum absolute atomic E-state index is 0.165. The zero-order valence-electron chi connectivity index (χ0n) is 20.3. The molecule has 32 heavy (non-hydrogen) atoms. The summed E-state index contributed by atoms with van der Waals surface area (Å²) in [4.78, 5) is 9.82. The number of hydrogen-bond donors (Lipinski definition) is 2. The monoisotopic (exact) mass is 437 g/mol. The average molecular weight is 438 g/mol. The number of rotatable bonds is 8. The fourth-order valence-electron chi connectivity index (χ4n) is 3.75. The summed E-state index contributed by atoms with van der Waals surface area (Å²) in [5.41, 5.74) is 3.49. The van der Waals surface area contributed by atoms with Crippen molar-refractivity contribution in [3.63, 3.8) is 0 Å². The molecular weight excluding hydrogens is 398 g/mol. The van der Waals surface area contributed by atoms with E-state index in [4.69, 9.17) is 9.73 Å². The molecule has 174 valence electrons. The Hall–Kier alpha value is -2.57. The van der Waals surface area contributed by atoms with Gasteiger partial charge >= 0.3 is 0 Å². The van der Waals surface area contributed by atoms with Crippen LogP contribution in [0.25, 0.3) is 0 Å². The smallest absolute Gasteiger partial charge is 0.196 e. The number of guanidine groups is 1. The maximum atomic E-state index is 5.76. The lowest BCUT2D eigenvalue weighted by atomic mass is 10.1. The van der Waals surface area contributed by atoms with E-state index in [1.165, 1.54) is 11.1 Å². The standard InChI is InChI=1S/C26H39N5O/c1-20(2)32-25-12-10-24(11-13-25)29-26(28-19-23-9-7-6-8-21(23)3)27-18-22(4)31-16-14-30(5)15-17-31/h6-13,20,22H,14-19H2,1-5H3,(H2,27,28,29). The van der Waals surface area contributed by atoms with Crippen molar-refractivity contribution in [2.75, 3.05) is 45.1 Å². The third-order valence-corrected chi connectivity index (χ3v) is 5.88. The normalized spacial score (nSPS) is 16.8. The van der Waals surface area contributed by atoms with Crippen LogP contribution in [-0.2, 0) is 6.54 Å². The predicted molar refractivity (Wildman–Crippen MR) is 135 cm³/mol. The Bertz CT molecular complexity index is 857. The van der Waals surface area contributed by atoms with Crippen molar-refractivity contribution in [1.29, 1.82) is 0 Å². The zero-order valence-corrected chi connectivity index (χ0v) is 20.3. The van der Waals surface area contributed by atoms with Crippen molar-refractivity contribution in [3.8, 4) is 5.75 Å². The van der Waals surface area contributed by atoms with Gasteiger partial charge in [0, 0.05) is 44.5 Å². The summed E-state index contributed by atoms with van der Waals surface area (Å²) in [6.45, 7) is 14.5. The molecule has 0 aliphatic carbocycles. The summed E-state index contributed by atoms with van der Waals surface area (Å²) >= 11 is 0.